The molecule has 0 aliphatic heterocycles. The van der Waals surface area contributed by atoms with Crippen molar-refractivity contribution in [3.05, 3.63) is 63.8 Å². The lowest BCUT2D eigenvalue weighted by Crippen LogP contribution is -2.05. The Morgan fingerprint density at radius 2 is 1.88 bits per heavy atom. The zero-order chi connectivity index (χ0) is 18.0. The topological polar surface area (TPSA) is 99.5 Å². The summed E-state index contributed by atoms with van der Waals surface area (Å²) >= 11 is 11.7. The van der Waals surface area contributed by atoms with Gasteiger partial charge in [-0.15, -0.1) is 5.10 Å². The van der Waals surface area contributed by atoms with Gasteiger partial charge in [0.2, 0.25) is 0 Å². The van der Waals surface area contributed by atoms with E-state index in [1.807, 2.05) is 6.07 Å². The highest BCUT2D eigenvalue weighted by Crippen LogP contribution is 2.27. The van der Waals surface area contributed by atoms with Gasteiger partial charge in [-0.1, -0.05) is 41.4 Å². The van der Waals surface area contributed by atoms with Crippen molar-refractivity contribution in [1.29, 1.82) is 5.26 Å². The Kier molecular flexibility index (Phi) is 4.77. The van der Waals surface area contributed by atoms with Crippen LogP contribution in [0.1, 0.15) is 11.3 Å². The molecule has 0 saturated heterocycles. The highest BCUT2D eigenvalue weighted by molar-refractivity contribution is 7.90. The number of sulfone groups is 1. The minimum Gasteiger partial charge on any atom is -0.223 e. The summed E-state index contributed by atoms with van der Waals surface area (Å²) < 4.78 is 25.2. The van der Waals surface area contributed by atoms with Crippen molar-refractivity contribution in [2.75, 3.05) is 0 Å². The summed E-state index contributed by atoms with van der Waals surface area (Å²) in [7, 11) is -3.61. The second-order valence-corrected chi connectivity index (χ2v) is 7.97. The normalized spacial score (nSPS) is 11.2. The fourth-order valence-corrected chi connectivity index (χ4v) is 4.01. The Balaban J connectivity index is 1.94. The number of aromatic amines is 1. The smallest absolute Gasteiger partial charge is 0.190 e. The molecule has 1 N–H and O–H groups in total. The van der Waals surface area contributed by atoms with E-state index in [-0.39, 0.29) is 26.4 Å². The van der Waals surface area contributed by atoms with E-state index < -0.39 is 9.84 Å². The molecule has 9 heteroatoms. The molecule has 3 rings (SSSR count). The maximum Gasteiger partial charge on any atom is 0.190 e. The summed E-state index contributed by atoms with van der Waals surface area (Å²) in [6.07, 6.45) is 0. The van der Waals surface area contributed by atoms with Gasteiger partial charge in [-0.2, -0.15) is 15.6 Å². The maximum atomic E-state index is 12.6. The van der Waals surface area contributed by atoms with Gasteiger partial charge in [-0.25, -0.2) is 8.42 Å². The van der Waals surface area contributed by atoms with Gasteiger partial charge >= 0.3 is 0 Å². The Hall–Kier alpha value is -2.40. The van der Waals surface area contributed by atoms with Crippen molar-refractivity contribution in [3.63, 3.8) is 0 Å². The molecule has 0 atom stereocenters. The lowest BCUT2D eigenvalue weighted by molar-refractivity contribution is 0.595. The van der Waals surface area contributed by atoms with Crippen molar-refractivity contribution in [3.8, 4) is 17.3 Å². The minimum atomic E-state index is -3.61. The fraction of sp³-hybridized carbons (Fsp3) is 0.0625. The van der Waals surface area contributed by atoms with Crippen molar-refractivity contribution in [1.82, 2.24) is 15.4 Å². The highest BCUT2D eigenvalue weighted by Gasteiger charge is 2.18. The van der Waals surface area contributed by atoms with Crippen LogP contribution in [0.5, 0.6) is 0 Å². The van der Waals surface area contributed by atoms with Crippen molar-refractivity contribution in [2.24, 2.45) is 0 Å². The summed E-state index contributed by atoms with van der Waals surface area (Å²) in [4.78, 5) is 0.0893. The van der Waals surface area contributed by atoms with E-state index >= 15 is 0 Å². The monoisotopic (exact) mass is 392 g/mol. The molecule has 0 amide bonds. The van der Waals surface area contributed by atoms with Gasteiger partial charge in [0, 0.05) is 5.56 Å². The van der Waals surface area contributed by atoms with E-state index in [1.165, 1.54) is 18.2 Å². The summed E-state index contributed by atoms with van der Waals surface area (Å²) in [5.74, 6) is -0.224. The third-order valence-corrected chi connectivity index (χ3v) is 5.89. The number of benzene rings is 2. The molecule has 0 aliphatic carbocycles. The standard InChI is InChI=1S/C16H10Cl2N4O2S/c17-13-5-4-12(7-14(13)18)25(23,24)9-10-2-1-3-11(6-10)16-15(8-19)20-22-21-16/h1-7H,9H2,(H,20,21,22). The van der Waals surface area contributed by atoms with Crippen LogP contribution in [-0.4, -0.2) is 23.8 Å². The van der Waals surface area contributed by atoms with Crippen LogP contribution >= 0.6 is 23.2 Å². The number of halogens is 2. The fourth-order valence-electron chi connectivity index (χ4n) is 2.29. The van der Waals surface area contributed by atoms with Gasteiger partial charge in [0.15, 0.2) is 15.5 Å². The Morgan fingerprint density at radius 3 is 2.60 bits per heavy atom. The predicted octanol–water partition coefficient (Wildman–Crippen LogP) is 3.62. The molecule has 25 heavy (non-hydrogen) atoms. The molecule has 0 spiro atoms. The molecule has 0 bridgehead atoms. The Morgan fingerprint density at radius 1 is 1.08 bits per heavy atom. The van der Waals surface area contributed by atoms with E-state index in [1.54, 1.807) is 24.3 Å². The predicted molar refractivity (Wildman–Crippen MR) is 93.9 cm³/mol. The van der Waals surface area contributed by atoms with Crippen LogP contribution in [0, 0.1) is 11.3 Å². The number of rotatable bonds is 4. The molecule has 6 nitrogen and oxygen atoms in total. The first kappa shape index (κ1) is 17.4. The first-order valence-corrected chi connectivity index (χ1v) is 9.39. The van der Waals surface area contributed by atoms with E-state index in [9.17, 15) is 8.42 Å². The molecule has 1 aromatic heterocycles. The van der Waals surface area contributed by atoms with Crippen molar-refractivity contribution in [2.45, 2.75) is 10.6 Å². The SMILES string of the molecule is N#Cc1n[nH]nc1-c1cccc(CS(=O)(=O)c2ccc(Cl)c(Cl)c2)c1. The average molecular weight is 393 g/mol. The van der Waals surface area contributed by atoms with Gasteiger partial charge in [-0.3, -0.25) is 0 Å². The molecule has 0 unspecified atom stereocenters. The van der Waals surface area contributed by atoms with Crippen LogP contribution < -0.4 is 0 Å². The largest absolute Gasteiger partial charge is 0.223 e. The zero-order valence-electron chi connectivity index (χ0n) is 12.6. The number of hydrogen-bond acceptors (Lipinski definition) is 5. The minimum absolute atomic E-state index is 0.0893. The quantitative estimate of drug-likeness (QED) is 0.730. The van der Waals surface area contributed by atoms with Gasteiger partial charge in [-0.05, 0) is 29.8 Å². The van der Waals surface area contributed by atoms with Crippen LogP contribution in [0.4, 0.5) is 0 Å². The molecule has 0 radical (unpaired) electrons. The Bertz CT molecular complexity index is 1090. The molecule has 0 fully saturated rings. The third-order valence-electron chi connectivity index (χ3n) is 3.46. The van der Waals surface area contributed by atoms with Crippen molar-refractivity contribution < 1.29 is 8.42 Å². The summed E-state index contributed by atoms with van der Waals surface area (Å²) in [5.41, 5.74) is 1.67. The second-order valence-electron chi connectivity index (χ2n) is 5.17. The average Bonchev–Trinajstić information content (AvgIpc) is 3.06. The number of hydrogen-bond donors (Lipinski definition) is 1. The number of nitriles is 1. The molecular formula is C16H10Cl2N4O2S. The lowest BCUT2D eigenvalue weighted by atomic mass is 10.1. The van der Waals surface area contributed by atoms with E-state index in [0.717, 1.165) is 0 Å². The van der Waals surface area contributed by atoms with E-state index in [2.05, 4.69) is 15.4 Å². The number of nitrogens with zero attached hydrogens (tertiary/aromatic N) is 3. The zero-order valence-corrected chi connectivity index (χ0v) is 14.9. The van der Waals surface area contributed by atoms with Gasteiger partial charge in [0.25, 0.3) is 0 Å². The number of H-pyrrole nitrogens is 1. The summed E-state index contributed by atoms with van der Waals surface area (Å²) in [6.45, 7) is 0. The first-order valence-electron chi connectivity index (χ1n) is 6.99. The molecular weight excluding hydrogens is 383 g/mol. The van der Waals surface area contributed by atoms with Crippen LogP contribution in [0.15, 0.2) is 47.4 Å². The van der Waals surface area contributed by atoms with Crippen LogP contribution in [0.3, 0.4) is 0 Å². The molecule has 3 aromatic rings. The molecule has 0 saturated carbocycles. The highest BCUT2D eigenvalue weighted by atomic mass is 35.5. The van der Waals surface area contributed by atoms with Gasteiger partial charge in [0.1, 0.15) is 11.8 Å². The van der Waals surface area contributed by atoms with Crippen molar-refractivity contribution >= 4 is 33.0 Å². The third kappa shape index (κ3) is 3.66. The first-order chi connectivity index (χ1) is 11.9. The molecule has 126 valence electrons. The Labute approximate surface area is 153 Å². The van der Waals surface area contributed by atoms with Crippen LogP contribution in [0.25, 0.3) is 11.3 Å². The summed E-state index contributed by atoms with van der Waals surface area (Å²) in [6, 6.07) is 12.9. The van der Waals surface area contributed by atoms with Gasteiger partial charge in [0.05, 0.1) is 20.7 Å². The van der Waals surface area contributed by atoms with E-state index in [0.29, 0.717) is 16.8 Å². The second kappa shape index (κ2) is 6.84. The van der Waals surface area contributed by atoms with Gasteiger partial charge < -0.3 is 0 Å². The molecule has 0 aliphatic rings. The molecule has 1 heterocycles. The summed E-state index contributed by atoms with van der Waals surface area (Å²) in [5, 5.41) is 19.6. The molecule has 2 aromatic carbocycles. The van der Waals surface area contributed by atoms with Crippen LogP contribution in [0.2, 0.25) is 10.0 Å². The van der Waals surface area contributed by atoms with Crippen LogP contribution in [-0.2, 0) is 15.6 Å². The van der Waals surface area contributed by atoms with E-state index in [4.69, 9.17) is 28.5 Å². The lowest BCUT2D eigenvalue weighted by Gasteiger charge is -2.07. The number of aromatic nitrogens is 3. The maximum absolute atomic E-state index is 12.6. The number of nitrogens with one attached hydrogen (secondary N) is 1.